The van der Waals surface area contributed by atoms with Crippen LogP contribution in [0.2, 0.25) is 0 Å². The van der Waals surface area contributed by atoms with E-state index in [9.17, 15) is 14.6 Å². The molecule has 0 bridgehead atoms. The second-order valence-corrected chi connectivity index (χ2v) is 2.73. The monoisotopic (exact) mass is 206 g/mol. The minimum absolute atomic E-state index is 0.0663. The quantitative estimate of drug-likeness (QED) is 0.441. The fraction of sp³-hybridized carbons (Fsp3) is 0. The number of benzene rings is 1. The molecule has 0 heterocycles. The smallest absolute Gasteiger partial charge is 0.450 e. The molecule has 0 saturated carbocycles. The summed E-state index contributed by atoms with van der Waals surface area (Å²) in [5.74, 6) is 0. The van der Waals surface area contributed by atoms with Gasteiger partial charge in [-0.2, -0.15) is 0 Å². The van der Waals surface area contributed by atoms with Crippen molar-refractivity contribution < 1.29 is 24.2 Å². The minimum atomic E-state index is -1.49. The summed E-state index contributed by atoms with van der Waals surface area (Å²) >= 11 is 0. The number of carbonyl (C=O) groups is 2. The summed E-state index contributed by atoms with van der Waals surface area (Å²) in [6.07, 6.45) is 1.01. The highest BCUT2D eigenvalue weighted by atomic mass is 16.5. The van der Waals surface area contributed by atoms with Crippen molar-refractivity contribution in [2.75, 3.05) is 0 Å². The van der Waals surface area contributed by atoms with E-state index in [1.54, 1.807) is 0 Å². The van der Waals surface area contributed by atoms with Gasteiger partial charge in [-0.15, -0.1) is 0 Å². The van der Waals surface area contributed by atoms with Crippen molar-refractivity contribution in [2.45, 2.75) is 0 Å². The van der Waals surface area contributed by atoms with Crippen molar-refractivity contribution >= 4 is 32.8 Å². The van der Waals surface area contributed by atoms with E-state index in [-0.39, 0.29) is 16.6 Å². The Kier molecular flexibility index (Phi) is 4.23. The van der Waals surface area contributed by atoms with Gasteiger partial charge in [-0.3, -0.25) is 9.59 Å². The number of aldehydes is 2. The van der Waals surface area contributed by atoms with Gasteiger partial charge >= 0.3 is 14.8 Å². The first-order valence-corrected chi connectivity index (χ1v) is 4.18. The lowest BCUT2D eigenvalue weighted by molar-refractivity contribution is 0.112. The molecule has 1 aromatic rings. The molecule has 0 aliphatic carbocycles. The van der Waals surface area contributed by atoms with E-state index in [2.05, 4.69) is 4.57 Å². The summed E-state index contributed by atoms with van der Waals surface area (Å²) in [7, 11) is -2.19. The largest absolute Gasteiger partial charge is 0.478 e. The molecule has 2 N–H and O–H groups in total. The van der Waals surface area contributed by atoms with Crippen LogP contribution in [0.25, 0.3) is 0 Å². The van der Waals surface area contributed by atoms with Gasteiger partial charge in [-0.1, -0.05) is 18.2 Å². The van der Waals surface area contributed by atoms with E-state index in [1.807, 2.05) is 0 Å². The standard InChI is InChI=1S/C8H8B2O5/c11-4-6-2-1-3-7(5-12)8(6)10(14)15-9-13/h1-5,9,13-14H. The maximum absolute atomic E-state index is 10.7. The third kappa shape index (κ3) is 2.53. The van der Waals surface area contributed by atoms with E-state index >= 15 is 0 Å². The van der Waals surface area contributed by atoms with Gasteiger partial charge in [0.2, 0.25) is 0 Å². The molecule has 0 saturated heterocycles. The highest BCUT2D eigenvalue weighted by Gasteiger charge is 2.23. The molecular weight excluding hydrogens is 198 g/mol. The molecule has 0 fully saturated rings. The molecule has 0 spiro atoms. The molecule has 7 heteroatoms. The van der Waals surface area contributed by atoms with Crippen molar-refractivity contribution in [1.29, 1.82) is 0 Å². The van der Waals surface area contributed by atoms with E-state index in [4.69, 9.17) is 5.02 Å². The maximum atomic E-state index is 10.7. The molecule has 0 radical (unpaired) electrons. The average molecular weight is 206 g/mol. The normalized spacial score (nSPS) is 9.47. The van der Waals surface area contributed by atoms with Crippen LogP contribution in [0.4, 0.5) is 0 Å². The van der Waals surface area contributed by atoms with Gasteiger partial charge in [-0.25, -0.2) is 0 Å². The van der Waals surface area contributed by atoms with E-state index in [1.165, 1.54) is 18.2 Å². The first-order valence-electron chi connectivity index (χ1n) is 4.18. The molecule has 0 amide bonds. The summed E-state index contributed by atoms with van der Waals surface area (Å²) in [5.41, 5.74) is 0.373. The van der Waals surface area contributed by atoms with Gasteiger partial charge in [-0.05, 0) is 0 Å². The van der Waals surface area contributed by atoms with Crippen LogP contribution in [0.15, 0.2) is 18.2 Å². The van der Waals surface area contributed by atoms with Gasteiger partial charge in [0.15, 0.2) is 0 Å². The van der Waals surface area contributed by atoms with Gasteiger partial charge in [0, 0.05) is 16.6 Å². The highest BCUT2D eigenvalue weighted by Crippen LogP contribution is 2.00. The molecule has 1 rings (SSSR count). The van der Waals surface area contributed by atoms with Crippen LogP contribution >= 0.6 is 0 Å². The van der Waals surface area contributed by atoms with Crippen LogP contribution in [0.1, 0.15) is 20.7 Å². The Morgan fingerprint density at radius 1 is 1.27 bits per heavy atom. The molecule has 0 aromatic heterocycles. The summed E-state index contributed by atoms with van der Waals surface area (Å²) in [6.45, 7) is 0. The van der Waals surface area contributed by atoms with E-state index < -0.39 is 14.8 Å². The van der Waals surface area contributed by atoms with Crippen molar-refractivity contribution in [3.05, 3.63) is 29.3 Å². The first-order chi connectivity index (χ1) is 7.24. The second-order valence-electron chi connectivity index (χ2n) is 2.73. The molecule has 0 unspecified atom stereocenters. The Morgan fingerprint density at radius 3 is 2.20 bits per heavy atom. The Labute approximate surface area is 87.1 Å². The maximum Gasteiger partial charge on any atom is 0.478 e. The fourth-order valence-corrected chi connectivity index (χ4v) is 1.25. The van der Waals surface area contributed by atoms with Gasteiger partial charge in [0.1, 0.15) is 12.6 Å². The Balaban J connectivity index is 3.21. The molecular formula is C8H8B2O5. The predicted octanol–water partition coefficient (Wildman–Crippen LogP) is -1.73. The van der Waals surface area contributed by atoms with E-state index in [0.717, 1.165) is 0 Å². The zero-order valence-corrected chi connectivity index (χ0v) is 7.79. The molecule has 5 nitrogen and oxygen atoms in total. The third-order valence-electron chi connectivity index (χ3n) is 1.91. The Morgan fingerprint density at radius 2 is 1.80 bits per heavy atom. The fourth-order valence-electron chi connectivity index (χ4n) is 1.25. The van der Waals surface area contributed by atoms with Crippen LogP contribution in [0.3, 0.4) is 0 Å². The lowest BCUT2D eigenvalue weighted by atomic mass is 9.73. The van der Waals surface area contributed by atoms with Crippen LogP contribution in [-0.2, 0) is 4.57 Å². The van der Waals surface area contributed by atoms with Crippen molar-refractivity contribution in [1.82, 2.24) is 0 Å². The Bertz CT molecular complexity index is 342. The zero-order valence-electron chi connectivity index (χ0n) is 7.79. The Hall–Kier alpha value is -1.43. The van der Waals surface area contributed by atoms with Crippen LogP contribution in [0.5, 0.6) is 0 Å². The second kappa shape index (κ2) is 5.45. The van der Waals surface area contributed by atoms with Crippen LogP contribution < -0.4 is 5.46 Å². The number of hydrogen-bond donors (Lipinski definition) is 2. The van der Waals surface area contributed by atoms with Gasteiger partial charge in [0.25, 0.3) is 0 Å². The molecule has 76 valence electrons. The lowest BCUT2D eigenvalue weighted by Crippen LogP contribution is -2.39. The number of hydrogen-bond acceptors (Lipinski definition) is 5. The van der Waals surface area contributed by atoms with Crippen molar-refractivity contribution in [2.24, 2.45) is 0 Å². The highest BCUT2D eigenvalue weighted by molar-refractivity contribution is 6.66. The molecule has 1 aromatic carbocycles. The SMILES string of the molecule is O=Cc1cccc(C=O)c1B(O)OBO. The van der Waals surface area contributed by atoms with Crippen LogP contribution in [0, 0.1) is 0 Å². The zero-order chi connectivity index (χ0) is 11.3. The molecule has 15 heavy (non-hydrogen) atoms. The average Bonchev–Trinajstić information content (AvgIpc) is 2.28. The summed E-state index contributed by atoms with van der Waals surface area (Å²) in [4.78, 5) is 21.3. The van der Waals surface area contributed by atoms with Crippen molar-refractivity contribution in [3.63, 3.8) is 0 Å². The summed E-state index contributed by atoms with van der Waals surface area (Å²) in [5, 5.41) is 17.9. The summed E-state index contributed by atoms with van der Waals surface area (Å²) < 4.78 is 4.51. The minimum Gasteiger partial charge on any atom is -0.450 e. The van der Waals surface area contributed by atoms with Crippen LogP contribution in [-0.4, -0.2) is 37.4 Å². The lowest BCUT2D eigenvalue weighted by Gasteiger charge is -2.10. The molecule has 0 aliphatic heterocycles. The number of carbonyl (C=O) groups excluding carboxylic acids is 2. The third-order valence-corrected chi connectivity index (χ3v) is 1.91. The molecule has 0 aliphatic rings. The topological polar surface area (TPSA) is 83.8 Å². The van der Waals surface area contributed by atoms with E-state index in [0.29, 0.717) is 12.6 Å². The first kappa shape index (κ1) is 11.6. The van der Waals surface area contributed by atoms with Gasteiger partial charge in [0.05, 0.1) is 0 Å². The molecule has 0 atom stereocenters. The predicted molar refractivity (Wildman–Crippen MR) is 55.3 cm³/mol. The summed E-state index contributed by atoms with van der Waals surface area (Å²) in [6, 6.07) is 4.40. The van der Waals surface area contributed by atoms with Gasteiger partial charge < -0.3 is 14.6 Å². The number of rotatable bonds is 5. The van der Waals surface area contributed by atoms with Crippen molar-refractivity contribution in [3.8, 4) is 0 Å².